The van der Waals surface area contributed by atoms with Crippen LogP contribution < -0.4 is 10.6 Å². The predicted molar refractivity (Wildman–Crippen MR) is 60.7 cm³/mol. The van der Waals surface area contributed by atoms with E-state index in [2.05, 4.69) is 10.2 Å². The number of hydrogen-bond donors (Lipinski definition) is 2. The Hall–Kier alpha value is -2.18. The number of aromatic nitrogens is 2. The van der Waals surface area contributed by atoms with Crippen LogP contribution in [0.5, 0.6) is 0 Å². The second kappa shape index (κ2) is 4.36. The number of nitrogens with two attached hydrogens (primary N) is 1. The third-order valence-corrected chi connectivity index (χ3v) is 2.61. The molecule has 1 amide bonds. The average molecular weight is 238 g/mol. The van der Waals surface area contributed by atoms with Crippen molar-refractivity contribution in [1.29, 1.82) is 0 Å². The molecule has 1 aromatic rings. The quantitative estimate of drug-likeness (QED) is 0.756. The molecule has 0 aliphatic heterocycles. The Bertz CT molecular complexity index is 441. The first-order chi connectivity index (χ1) is 7.76. The lowest BCUT2D eigenvalue weighted by molar-refractivity contribution is -0.142. The number of hydrogen-bond acceptors (Lipinski definition) is 5. The summed E-state index contributed by atoms with van der Waals surface area (Å²) in [4.78, 5) is 23.3. The highest BCUT2D eigenvalue weighted by Gasteiger charge is 2.33. The van der Waals surface area contributed by atoms with Crippen LogP contribution in [0.3, 0.4) is 0 Å². The molecule has 1 rings (SSSR count). The number of primary amides is 1. The molecule has 17 heavy (non-hydrogen) atoms. The third kappa shape index (κ3) is 2.49. The van der Waals surface area contributed by atoms with Gasteiger partial charge >= 0.3 is 5.97 Å². The summed E-state index contributed by atoms with van der Waals surface area (Å²) in [6, 6.07) is 2.90. The number of carbonyl (C=O) groups is 2. The molecule has 1 aromatic heterocycles. The van der Waals surface area contributed by atoms with Crippen LogP contribution in [-0.4, -0.2) is 39.8 Å². The van der Waals surface area contributed by atoms with Gasteiger partial charge in [0.15, 0.2) is 11.5 Å². The van der Waals surface area contributed by atoms with E-state index >= 15 is 0 Å². The van der Waals surface area contributed by atoms with E-state index in [1.54, 1.807) is 20.9 Å². The predicted octanol–water partition coefficient (Wildman–Crippen LogP) is -0.125. The maximum absolute atomic E-state index is 11.0. The summed E-state index contributed by atoms with van der Waals surface area (Å²) >= 11 is 0. The van der Waals surface area contributed by atoms with E-state index in [0.29, 0.717) is 5.82 Å². The Morgan fingerprint density at radius 1 is 1.35 bits per heavy atom. The molecule has 7 nitrogen and oxygen atoms in total. The Morgan fingerprint density at radius 3 is 2.29 bits per heavy atom. The van der Waals surface area contributed by atoms with Gasteiger partial charge in [-0.15, -0.1) is 10.2 Å². The number of nitrogens with zero attached hydrogens (tertiary/aromatic N) is 3. The molecule has 0 spiro atoms. The van der Waals surface area contributed by atoms with Gasteiger partial charge in [-0.25, -0.2) is 4.79 Å². The lowest BCUT2D eigenvalue weighted by Crippen LogP contribution is -2.48. The van der Waals surface area contributed by atoms with Crippen LogP contribution in [0.1, 0.15) is 24.3 Å². The summed E-state index contributed by atoms with van der Waals surface area (Å²) in [6.07, 6.45) is 0. The molecule has 0 aliphatic carbocycles. The van der Waals surface area contributed by atoms with Crippen LogP contribution in [-0.2, 0) is 4.79 Å². The normalized spacial score (nSPS) is 11.0. The van der Waals surface area contributed by atoms with Gasteiger partial charge < -0.3 is 15.7 Å². The zero-order valence-corrected chi connectivity index (χ0v) is 9.84. The van der Waals surface area contributed by atoms with Crippen LogP contribution >= 0.6 is 0 Å². The minimum Gasteiger partial charge on any atom is -0.480 e. The van der Waals surface area contributed by atoms with Crippen LogP contribution in [0.4, 0.5) is 5.82 Å². The van der Waals surface area contributed by atoms with Gasteiger partial charge in [0.25, 0.3) is 5.91 Å². The Morgan fingerprint density at radius 2 is 1.94 bits per heavy atom. The van der Waals surface area contributed by atoms with Crippen molar-refractivity contribution in [1.82, 2.24) is 10.2 Å². The van der Waals surface area contributed by atoms with Crippen molar-refractivity contribution in [2.45, 2.75) is 19.4 Å². The van der Waals surface area contributed by atoms with Crippen LogP contribution in [0.2, 0.25) is 0 Å². The second-order valence-corrected chi connectivity index (χ2v) is 4.06. The second-order valence-electron chi connectivity index (χ2n) is 4.06. The standard InChI is InChI=1S/C10H14N4O3/c1-10(2,9(16)17)14(3)7-5-4-6(8(11)15)12-13-7/h4-5H,1-3H3,(H2,11,15)(H,16,17). The number of likely N-dealkylation sites (N-methyl/N-ethyl adjacent to an activating group) is 1. The average Bonchev–Trinajstić information content (AvgIpc) is 2.27. The maximum atomic E-state index is 11.0. The molecular weight excluding hydrogens is 224 g/mol. The van der Waals surface area contributed by atoms with E-state index in [9.17, 15) is 9.59 Å². The number of amides is 1. The summed E-state index contributed by atoms with van der Waals surface area (Å²) < 4.78 is 0. The lowest BCUT2D eigenvalue weighted by Gasteiger charge is -2.31. The molecule has 0 fully saturated rings. The summed E-state index contributed by atoms with van der Waals surface area (Å²) in [5.41, 5.74) is 3.94. The van der Waals surface area contributed by atoms with Gasteiger partial charge in [-0.2, -0.15) is 0 Å². The van der Waals surface area contributed by atoms with Crippen LogP contribution in [0, 0.1) is 0 Å². The van der Waals surface area contributed by atoms with E-state index in [1.807, 2.05) is 0 Å². The minimum atomic E-state index is -1.12. The van der Waals surface area contributed by atoms with Gasteiger partial charge in [0.1, 0.15) is 5.54 Å². The SMILES string of the molecule is CN(c1ccc(C(N)=O)nn1)C(C)(C)C(=O)O. The molecule has 0 unspecified atom stereocenters. The van der Waals surface area contributed by atoms with Gasteiger partial charge in [0, 0.05) is 7.05 Å². The molecule has 7 heteroatoms. The summed E-state index contributed by atoms with van der Waals surface area (Å²) in [5, 5.41) is 16.4. The molecule has 1 heterocycles. The highest BCUT2D eigenvalue weighted by Crippen LogP contribution is 2.19. The molecule has 92 valence electrons. The molecule has 0 saturated carbocycles. The fraction of sp³-hybridized carbons (Fsp3) is 0.400. The number of carbonyl (C=O) groups excluding carboxylic acids is 1. The highest BCUT2D eigenvalue weighted by molar-refractivity contribution is 5.90. The van der Waals surface area contributed by atoms with E-state index in [0.717, 1.165) is 0 Å². The molecule has 0 atom stereocenters. The molecule has 3 N–H and O–H groups in total. The monoisotopic (exact) mass is 238 g/mol. The van der Waals surface area contributed by atoms with Gasteiger partial charge in [-0.3, -0.25) is 4.79 Å². The molecular formula is C10H14N4O3. The van der Waals surface area contributed by atoms with Crippen molar-refractivity contribution in [2.75, 3.05) is 11.9 Å². The number of carboxylic acid groups (broad SMARTS) is 1. The van der Waals surface area contributed by atoms with Crippen molar-refractivity contribution in [3.63, 3.8) is 0 Å². The fourth-order valence-corrected chi connectivity index (χ4v) is 1.07. The molecule has 0 aromatic carbocycles. The van der Waals surface area contributed by atoms with E-state index in [-0.39, 0.29) is 5.69 Å². The fourth-order valence-electron chi connectivity index (χ4n) is 1.07. The topological polar surface area (TPSA) is 109 Å². The van der Waals surface area contributed by atoms with Gasteiger partial charge in [0.2, 0.25) is 0 Å². The van der Waals surface area contributed by atoms with E-state index in [4.69, 9.17) is 10.8 Å². The largest absolute Gasteiger partial charge is 0.480 e. The third-order valence-electron chi connectivity index (χ3n) is 2.61. The molecule has 0 radical (unpaired) electrons. The number of aliphatic carboxylic acids is 1. The summed E-state index contributed by atoms with van der Waals surface area (Å²) in [7, 11) is 1.59. The minimum absolute atomic E-state index is 0.0373. The highest BCUT2D eigenvalue weighted by atomic mass is 16.4. The maximum Gasteiger partial charge on any atom is 0.328 e. The summed E-state index contributed by atoms with van der Waals surface area (Å²) in [5.74, 6) is -1.31. The summed E-state index contributed by atoms with van der Waals surface area (Å²) in [6.45, 7) is 3.08. The molecule has 0 bridgehead atoms. The number of carboxylic acids is 1. The zero-order chi connectivity index (χ0) is 13.2. The van der Waals surface area contributed by atoms with Crippen molar-refractivity contribution in [3.8, 4) is 0 Å². The van der Waals surface area contributed by atoms with Gasteiger partial charge in [-0.1, -0.05) is 0 Å². The Labute approximate surface area is 98.2 Å². The van der Waals surface area contributed by atoms with Gasteiger partial charge in [-0.05, 0) is 26.0 Å². The van der Waals surface area contributed by atoms with E-state index < -0.39 is 17.4 Å². The Kier molecular flexibility index (Phi) is 3.31. The smallest absolute Gasteiger partial charge is 0.328 e. The first kappa shape index (κ1) is 12.9. The van der Waals surface area contributed by atoms with Gasteiger partial charge in [0.05, 0.1) is 0 Å². The van der Waals surface area contributed by atoms with Crippen molar-refractivity contribution < 1.29 is 14.7 Å². The van der Waals surface area contributed by atoms with Crippen molar-refractivity contribution >= 4 is 17.7 Å². The number of anilines is 1. The zero-order valence-electron chi connectivity index (χ0n) is 9.84. The first-order valence-corrected chi connectivity index (χ1v) is 4.87. The lowest BCUT2D eigenvalue weighted by atomic mass is 10.0. The molecule has 0 aliphatic rings. The Balaban J connectivity index is 3.02. The van der Waals surface area contributed by atoms with Crippen molar-refractivity contribution in [3.05, 3.63) is 17.8 Å². The van der Waals surface area contributed by atoms with Crippen LogP contribution in [0.25, 0.3) is 0 Å². The van der Waals surface area contributed by atoms with E-state index in [1.165, 1.54) is 17.0 Å². The van der Waals surface area contributed by atoms with Crippen molar-refractivity contribution in [2.24, 2.45) is 5.73 Å². The molecule has 0 saturated heterocycles. The number of rotatable bonds is 4. The van der Waals surface area contributed by atoms with Crippen LogP contribution in [0.15, 0.2) is 12.1 Å². The first-order valence-electron chi connectivity index (χ1n) is 4.87.